The van der Waals surface area contributed by atoms with Crippen molar-refractivity contribution < 1.29 is 27.7 Å². The lowest BCUT2D eigenvalue weighted by molar-refractivity contribution is -0.0504. The zero-order valence-electron chi connectivity index (χ0n) is 16.3. The van der Waals surface area contributed by atoms with Crippen molar-refractivity contribution in [1.82, 2.24) is 5.32 Å². The first kappa shape index (κ1) is 24.5. The van der Waals surface area contributed by atoms with Gasteiger partial charge in [0.2, 0.25) is 0 Å². The number of benzene rings is 2. The molecule has 3 N–H and O–H groups in total. The van der Waals surface area contributed by atoms with Crippen molar-refractivity contribution in [3.63, 3.8) is 0 Å². The van der Waals surface area contributed by atoms with Gasteiger partial charge in [0, 0.05) is 12.1 Å². The Morgan fingerprint density at radius 1 is 1.00 bits per heavy atom. The summed E-state index contributed by atoms with van der Waals surface area (Å²) in [5.74, 6) is 1.91. The van der Waals surface area contributed by atoms with Crippen molar-refractivity contribution in [3.8, 4) is 23.0 Å². The van der Waals surface area contributed by atoms with E-state index >= 15 is 0 Å². The number of hydrogen-bond acceptors (Lipinski definition) is 5. The largest absolute Gasteiger partial charge is 0.497 e. The van der Waals surface area contributed by atoms with Crippen LogP contribution in [0.25, 0.3) is 0 Å². The standard InChI is InChI=1S/C19H23F2N3O4.HI/c1-25-14-5-7-15(28-18(20)21)13(9-14)11-24-19(22)23-10-12-4-6-16(26-2)17(8-12)27-3;/h4-9,18H,10-11H2,1-3H3,(H3,22,23,24);1H. The molecule has 0 aliphatic carbocycles. The van der Waals surface area contributed by atoms with Crippen molar-refractivity contribution in [2.24, 2.45) is 10.7 Å². The molecule has 2 rings (SSSR count). The SMILES string of the molecule is COc1ccc(OC(F)F)c(CNC(N)=NCc2ccc(OC)c(OC)c2)c1.I. The summed E-state index contributed by atoms with van der Waals surface area (Å²) >= 11 is 0. The van der Waals surface area contributed by atoms with E-state index in [1.54, 1.807) is 32.4 Å². The van der Waals surface area contributed by atoms with Gasteiger partial charge in [-0.15, -0.1) is 24.0 Å². The molecule has 0 atom stereocenters. The smallest absolute Gasteiger partial charge is 0.387 e. The molecule has 0 saturated heterocycles. The van der Waals surface area contributed by atoms with Crippen molar-refractivity contribution in [3.05, 3.63) is 47.5 Å². The molecule has 0 fully saturated rings. The molecule has 2 aromatic carbocycles. The average Bonchev–Trinajstić information content (AvgIpc) is 2.70. The molecule has 0 spiro atoms. The Kier molecular flexibility index (Phi) is 10.3. The number of aliphatic imine (C=N–C) groups is 1. The Morgan fingerprint density at radius 2 is 1.69 bits per heavy atom. The topological polar surface area (TPSA) is 87.3 Å². The number of nitrogens with zero attached hydrogens (tertiary/aromatic N) is 1. The number of alkyl halides is 2. The zero-order valence-corrected chi connectivity index (χ0v) is 18.6. The third-order valence-corrected chi connectivity index (χ3v) is 3.82. The molecule has 10 heteroatoms. The van der Waals surface area contributed by atoms with Crippen LogP contribution in [0.3, 0.4) is 0 Å². The predicted octanol–water partition coefficient (Wildman–Crippen LogP) is 3.54. The van der Waals surface area contributed by atoms with Crippen molar-refractivity contribution in [2.75, 3.05) is 21.3 Å². The lowest BCUT2D eigenvalue weighted by Crippen LogP contribution is -2.31. The summed E-state index contributed by atoms with van der Waals surface area (Å²) in [7, 11) is 4.59. The summed E-state index contributed by atoms with van der Waals surface area (Å²) < 4.78 is 45.2. The number of rotatable bonds is 9. The molecule has 0 aromatic heterocycles. The molecule has 29 heavy (non-hydrogen) atoms. The van der Waals surface area contributed by atoms with E-state index < -0.39 is 6.61 Å². The minimum atomic E-state index is -2.93. The summed E-state index contributed by atoms with van der Waals surface area (Å²) in [6, 6.07) is 9.96. The Morgan fingerprint density at radius 3 is 2.31 bits per heavy atom. The minimum absolute atomic E-state index is 0. The lowest BCUT2D eigenvalue weighted by Gasteiger charge is -2.13. The van der Waals surface area contributed by atoms with Crippen LogP contribution in [0.2, 0.25) is 0 Å². The van der Waals surface area contributed by atoms with Crippen LogP contribution >= 0.6 is 24.0 Å². The summed E-state index contributed by atoms with van der Waals surface area (Å²) in [6.07, 6.45) is 0. The van der Waals surface area contributed by atoms with Gasteiger partial charge in [-0.25, -0.2) is 4.99 Å². The van der Waals surface area contributed by atoms with E-state index in [-0.39, 0.29) is 42.2 Å². The first-order chi connectivity index (χ1) is 13.5. The number of nitrogens with one attached hydrogen (secondary N) is 1. The van der Waals surface area contributed by atoms with E-state index in [2.05, 4.69) is 15.0 Å². The molecule has 160 valence electrons. The maximum atomic E-state index is 12.6. The molecule has 0 radical (unpaired) electrons. The highest BCUT2D eigenvalue weighted by Gasteiger charge is 2.11. The van der Waals surface area contributed by atoms with Gasteiger partial charge in [-0.3, -0.25) is 0 Å². The van der Waals surface area contributed by atoms with Gasteiger partial charge >= 0.3 is 6.61 Å². The first-order valence-electron chi connectivity index (χ1n) is 8.33. The highest BCUT2D eigenvalue weighted by molar-refractivity contribution is 14.0. The average molecular weight is 523 g/mol. The van der Waals surface area contributed by atoms with Crippen LogP contribution in [0.5, 0.6) is 23.0 Å². The molecule has 0 unspecified atom stereocenters. The summed E-state index contributed by atoms with van der Waals surface area (Å²) in [6.45, 7) is -2.48. The van der Waals surface area contributed by atoms with E-state index in [0.29, 0.717) is 29.4 Å². The second kappa shape index (κ2) is 12.1. The fourth-order valence-electron chi connectivity index (χ4n) is 2.43. The van der Waals surface area contributed by atoms with E-state index in [1.807, 2.05) is 6.07 Å². The summed E-state index contributed by atoms with van der Waals surface area (Å²) in [4.78, 5) is 4.24. The van der Waals surface area contributed by atoms with Crippen molar-refractivity contribution in [2.45, 2.75) is 19.7 Å². The van der Waals surface area contributed by atoms with Crippen LogP contribution in [0.15, 0.2) is 41.4 Å². The van der Waals surface area contributed by atoms with Gasteiger partial charge in [0.1, 0.15) is 11.5 Å². The van der Waals surface area contributed by atoms with Gasteiger partial charge in [-0.2, -0.15) is 8.78 Å². The molecule has 0 saturated carbocycles. The van der Waals surface area contributed by atoms with Crippen LogP contribution in [0.4, 0.5) is 8.78 Å². The van der Waals surface area contributed by atoms with Gasteiger partial charge in [-0.05, 0) is 35.9 Å². The first-order valence-corrected chi connectivity index (χ1v) is 8.33. The molecular formula is C19H24F2IN3O4. The van der Waals surface area contributed by atoms with Gasteiger partial charge < -0.3 is 30.0 Å². The van der Waals surface area contributed by atoms with E-state index in [9.17, 15) is 8.78 Å². The monoisotopic (exact) mass is 523 g/mol. The molecule has 0 aliphatic rings. The highest BCUT2D eigenvalue weighted by Crippen LogP contribution is 2.28. The van der Waals surface area contributed by atoms with Crippen LogP contribution in [0, 0.1) is 0 Å². The third-order valence-electron chi connectivity index (χ3n) is 3.82. The third kappa shape index (κ3) is 7.44. The molecule has 2 aromatic rings. The van der Waals surface area contributed by atoms with E-state index in [4.69, 9.17) is 19.9 Å². The van der Waals surface area contributed by atoms with E-state index in [0.717, 1.165) is 5.56 Å². The number of hydrogen-bond donors (Lipinski definition) is 2. The predicted molar refractivity (Wildman–Crippen MR) is 117 cm³/mol. The Labute approximate surface area is 185 Å². The molecule has 0 aliphatic heterocycles. The second-order valence-electron chi connectivity index (χ2n) is 5.60. The maximum absolute atomic E-state index is 12.6. The fourth-order valence-corrected chi connectivity index (χ4v) is 2.43. The lowest BCUT2D eigenvalue weighted by atomic mass is 10.2. The number of methoxy groups -OCH3 is 3. The van der Waals surface area contributed by atoms with Gasteiger partial charge in [0.05, 0.1) is 27.9 Å². The molecule has 7 nitrogen and oxygen atoms in total. The van der Waals surface area contributed by atoms with Crippen LogP contribution in [-0.4, -0.2) is 33.9 Å². The number of guanidine groups is 1. The molecule has 0 amide bonds. The minimum Gasteiger partial charge on any atom is -0.497 e. The van der Waals surface area contributed by atoms with Gasteiger partial charge in [0.25, 0.3) is 0 Å². The second-order valence-corrected chi connectivity index (χ2v) is 5.60. The zero-order chi connectivity index (χ0) is 20.5. The number of ether oxygens (including phenoxy) is 4. The van der Waals surface area contributed by atoms with Crippen molar-refractivity contribution in [1.29, 1.82) is 0 Å². The van der Waals surface area contributed by atoms with Crippen LogP contribution in [0.1, 0.15) is 11.1 Å². The Hall–Kier alpha value is -2.50. The normalized spacial score (nSPS) is 10.9. The molecule has 0 bridgehead atoms. The van der Waals surface area contributed by atoms with Gasteiger partial charge in [-0.1, -0.05) is 6.07 Å². The Balaban J connectivity index is 0.00000420. The van der Waals surface area contributed by atoms with Crippen LogP contribution < -0.4 is 30.0 Å². The van der Waals surface area contributed by atoms with E-state index in [1.165, 1.54) is 19.2 Å². The molecule has 0 heterocycles. The van der Waals surface area contributed by atoms with Gasteiger partial charge in [0.15, 0.2) is 17.5 Å². The summed E-state index contributed by atoms with van der Waals surface area (Å²) in [5.41, 5.74) is 7.21. The highest BCUT2D eigenvalue weighted by atomic mass is 127. The summed E-state index contributed by atoms with van der Waals surface area (Å²) in [5, 5.41) is 2.88. The Bertz CT molecular complexity index is 822. The maximum Gasteiger partial charge on any atom is 0.387 e. The van der Waals surface area contributed by atoms with Crippen molar-refractivity contribution >= 4 is 29.9 Å². The fraction of sp³-hybridized carbons (Fsp3) is 0.316. The molecular weight excluding hydrogens is 499 g/mol. The quantitative estimate of drug-likeness (QED) is 0.297. The number of nitrogens with two attached hydrogens (primary N) is 1. The van der Waals surface area contributed by atoms with Crippen LogP contribution in [-0.2, 0) is 13.1 Å². The number of halogens is 3.